The fourth-order valence-corrected chi connectivity index (χ4v) is 1.28. The van der Waals surface area contributed by atoms with Crippen molar-refractivity contribution in [3.63, 3.8) is 0 Å². The smallest absolute Gasteiger partial charge is 0.299 e. The summed E-state index contributed by atoms with van der Waals surface area (Å²) in [5.41, 5.74) is 0.738. The fourth-order valence-electron chi connectivity index (χ4n) is 1.28. The van der Waals surface area contributed by atoms with E-state index in [1.807, 2.05) is 6.92 Å². The highest BCUT2D eigenvalue weighted by Crippen LogP contribution is 2.14. The van der Waals surface area contributed by atoms with Gasteiger partial charge < -0.3 is 5.11 Å². The minimum atomic E-state index is -3.15. The first kappa shape index (κ1) is 12.4. The number of hydrogen-bond acceptors (Lipinski definition) is 3. The van der Waals surface area contributed by atoms with Crippen molar-refractivity contribution < 1.29 is 18.7 Å². The van der Waals surface area contributed by atoms with Crippen LogP contribution in [0, 0.1) is 6.92 Å². The molecular formula is C10H11F2N2O2-. The van der Waals surface area contributed by atoms with E-state index < -0.39 is 18.0 Å². The van der Waals surface area contributed by atoms with Gasteiger partial charge in [0.1, 0.15) is 0 Å². The number of halogens is 2. The molecular weight excluding hydrogens is 218 g/mol. The van der Waals surface area contributed by atoms with Crippen molar-refractivity contribution in [2.24, 2.45) is 0 Å². The number of hydrogen-bond donors (Lipinski definition) is 0. The van der Waals surface area contributed by atoms with E-state index in [9.17, 15) is 18.7 Å². The zero-order valence-corrected chi connectivity index (χ0v) is 8.91. The quantitative estimate of drug-likeness (QED) is 0.565. The zero-order chi connectivity index (χ0) is 12.3. The summed E-state index contributed by atoms with van der Waals surface area (Å²) in [4.78, 5) is 10.7. The number of nitrogens with zero attached hydrogens (tertiary/aromatic N) is 2. The number of rotatable bonds is 4. The summed E-state index contributed by atoms with van der Waals surface area (Å²) in [5.74, 6) is -2.21. The van der Waals surface area contributed by atoms with Crippen LogP contribution in [0.2, 0.25) is 0 Å². The zero-order valence-electron chi connectivity index (χ0n) is 8.91. The number of aromatic nitrogens is 2. The molecule has 0 aliphatic carbocycles. The summed E-state index contributed by atoms with van der Waals surface area (Å²) >= 11 is 0. The molecule has 0 N–H and O–H groups in total. The van der Waals surface area contributed by atoms with Gasteiger partial charge in [0.25, 0.3) is 6.43 Å². The van der Waals surface area contributed by atoms with Crippen molar-refractivity contribution in [2.75, 3.05) is 0 Å². The molecule has 0 bridgehead atoms. The van der Waals surface area contributed by atoms with E-state index >= 15 is 0 Å². The molecule has 0 radical (unpaired) electrons. The average Bonchev–Trinajstić information content (AvgIpc) is 2.59. The van der Waals surface area contributed by atoms with Gasteiger partial charge in [-0.15, -0.1) is 0 Å². The topological polar surface area (TPSA) is 57.9 Å². The van der Waals surface area contributed by atoms with Crippen LogP contribution < -0.4 is 5.11 Å². The second-order valence-electron chi connectivity index (χ2n) is 3.17. The molecule has 1 heterocycles. The molecule has 1 aromatic rings. The van der Waals surface area contributed by atoms with E-state index in [1.54, 1.807) is 11.6 Å². The first-order chi connectivity index (χ1) is 7.47. The average molecular weight is 229 g/mol. The van der Waals surface area contributed by atoms with Crippen LogP contribution in [0.1, 0.15) is 18.2 Å². The molecule has 0 saturated carbocycles. The van der Waals surface area contributed by atoms with Gasteiger partial charge in [0.15, 0.2) is 0 Å². The van der Waals surface area contributed by atoms with E-state index in [2.05, 4.69) is 5.10 Å². The summed E-state index contributed by atoms with van der Waals surface area (Å²) in [6, 6.07) is 0. The summed E-state index contributed by atoms with van der Waals surface area (Å²) < 4.78 is 25.4. The highest BCUT2D eigenvalue weighted by molar-refractivity contribution is 5.97. The predicted octanol–water partition coefficient (Wildman–Crippen LogP) is 0.747. The highest BCUT2D eigenvalue weighted by Gasteiger charge is 2.12. The molecule has 0 unspecified atom stereocenters. The summed E-state index contributed by atoms with van der Waals surface area (Å²) in [5, 5.41) is 15.3. The van der Waals surface area contributed by atoms with Gasteiger partial charge in [0.05, 0.1) is 6.20 Å². The van der Waals surface area contributed by atoms with Crippen LogP contribution in [-0.2, 0) is 11.3 Å². The van der Waals surface area contributed by atoms with Gasteiger partial charge in [-0.3, -0.25) is 9.48 Å². The molecule has 4 nitrogen and oxygen atoms in total. The fraction of sp³-hybridized carbons (Fsp3) is 0.400. The summed E-state index contributed by atoms with van der Waals surface area (Å²) in [6.07, 6.45) is -1.46. The minimum absolute atomic E-state index is 0.177. The van der Waals surface area contributed by atoms with Gasteiger partial charge in [-0.25, -0.2) is 8.78 Å². The lowest BCUT2D eigenvalue weighted by Gasteiger charge is -2.11. The summed E-state index contributed by atoms with van der Waals surface area (Å²) in [6.45, 7) is 4.05. The molecule has 0 spiro atoms. The number of alkyl halides is 2. The Kier molecular flexibility index (Phi) is 3.76. The molecule has 16 heavy (non-hydrogen) atoms. The highest BCUT2D eigenvalue weighted by atomic mass is 19.3. The lowest BCUT2D eigenvalue weighted by Crippen LogP contribution is -2.12. The van der Waals surface area contributed by atoms with Gasteiger partial charge in [-0.05, 0) is 19.9 Å². The van der Waals surface area contributed by atoms with Crippen LogP contribution in [0.4, 0.5) is 8.78 Å². The first-order valence-electron chi connectivity index (χ1n) is 4.70. The third-order valence-electron chi connectivity index (χ3n) is 2.16. The van der Waals surface area contributed by atoms with Crippen LogP contribution in [-0.4, -0.2) is 22.0 Å². The van der Waals surface area contributed by atoms with Gasteiger partial charge in [0, 0.05) is 17.8 Å². The first-order valence-corrected chi connectivity index (χ1v) is 4.70. The number of allylic oxidation sites excluding steroid dienone is 1. The van der Waals surface area contributed by atoms with Crippen LogP contribution in [0.3, 0.4) is 0 Å². The Labute approximate surface area is 91.2 Å². The normalized spacial score (nSPS) is 12.2. The maximum absolute atomic E-state index is 11.9. The molecule has 0 fully saturated rings. The lowest BCUT2D eigenvalue weighted by molar-refractivity contribution is -0.244. The standard InChI is InChI=1S/C10H12F2N2O2/c1-3-14-6(2)7(5-13-14)8(15)4-9(16)10(11)12/h4-5,10,15H,3H2,1-2H3/p-1/b8-4-. The van der Waals surface area contributed by atoms with Crippen molar-refractivity contribution in [1.29, 1.82) is 0 Å². The van der Waals surface area contributed by atoms with Crippen LogP contribution in [0.25, 0.3) is 5.76 Å². The van der Waals surface area contributed by atoms with E-state index in [1.165, 1.54) is 6.20 Å². The van der Waals surface area contributed by atoms with Crippen molar-refractivity contribution in [2.45, 2.75) is 26.8 Å². The van der Waals surface area contributed by atoms with E-state index in [-0.39, 0.29) is 5.56 Å². The molecule has 6 heteroatoms. The van der Waals surface area contributed by atoms with Gasteiger partial charge >= 0.3 is 0 Å². The molecule has 0 amide bonds. The largest absolute Gasteiger partial charge is 0.872 e. The Morgan fingerprint density at radius 3 is 2.75 bits per heavy atom. The molecule has 0 aromatic carbocycles. The predicted molar refractivity (Wildman–Crippen MR) is 51.6 cm³/mol. The third-order valence-corrected chi connectivity index (χ3v) is 2.16. The molecule has 0 aliphatic rings. The monoisotopic (exact) mass is 229 g/mol. The Hall–Kier alpha value is -1.72. The Bertz CT molecular complexity index is 424. The molecule has 1 rings (SSSR count). The number of aryl methyl sites for hydroxylation is 1. The Morgan fingerprint density at radius 1 is 1.69 bits per heavy atom. The van der Waals surface area contributed by atoms with E-state index in [0.29, 0.717) is 18.3 Å². The van der Waals surface area contributed by atoms with Crippen LogP contribution >= 0.6 is 0 Å². The van der Waals surface area contributed by atoms with Gasteiger partial charge in [-0.1, -0.05) is 5.76 Å². The molecule has 1 aromatic heterocycles. The second kappa shape index (κ2) is 4.87. The molecule has 0 aliphatic heterocycles. The summed E-state index contributed by atoms with van der Waals surface area (Å²) in [7, 11) is 0. The van der Waals surface area contributed by atoms with Crippen molar-refractivity contribution in [3.05, 3.63) is 23.5 Å². The Balaban J connectivity index is 3.00. The number of ketones is 1. The lowest BCUT2D eigenvalue weighted by atomic mass is 10.2. The van der Waals surface area contributed by atoms with Crippen molar-refractivity contribution in [3.8, 4) is 0 Å². The van der Waals surface area contributed by atoms with Crippen LogP contribution in [0.15, 0.2) is 12.3 Å². The number of carbonyl (C=O) groups is 1. The third kappa shape index (κ3) is 2.44. The minimum Gasteiger partial charge on any atom is -0.872 e. The number of carbonyl (C=O) groups excluding carboxylic acids is 1. The Morgan fingerprint density at radius 2 is 2.31 bits per heavy atom. The SMILES string of the molecule is CCn1ncc(/C([O-])=C/C(=O)C(F)F)c1C. The van der Waals surface area contributed by atoms with E-state index in [4.69, 9.17) is 0 Å². The van der Waals surface area contributed by atoms with E-state index in [0.717, 1.165) is 0 Å². The van der Waals surface area contributed by atoms with Crippen LogP contribution in [0.5, 0.6) is 0 Å². The van der Waals surface area contributed by atoms with Gasteiger partial charge in [0.2, 0.25) is 5.78 Å². The van der Waals surface area contributed by atoms with Crippen molar-refractivity contribution >= 4 is 11.5 Å². The van der Waals surface area contributed by atoms with Gasteiger partial charge in [-0.2, -0.15) is 5.10 Å². The maximum Gasteiger partial charge on any atom is 0.299 e. The maximum atomic E-state index is 11.9. The second-order valence-corrected chi connectivity index (χ2v) is 3.17. The van der Waals surface area contributed by atoms with Crippen molar-refractivity contribution in [1.82, 2.24) is 9.78 Å². The molecule has 0 saturated heterocycles. The molecule has 88 valence electrons. The molecule has 0 atom stereocenters.